The van der Waals surface area contributed by atoms with E-state index in [0.29, 0.717) is 30.6 Å². The molecule has 0 radical (unpaired) electrons. The molecule has 4 aliphatic rings. The van der Waals surface area contributed by atoms with Gasteiger partial charge in [-0.3, -0.25) is 4.79 Å². The second-order valence-electron chi connectivity index (χ2n) is 15.7. The van der Waals surface area contributed by atoms with Crippen molar-refractivity contribution in [1.82, 2.24) is 9.44 Å². The first kappa shape index (κ1) is 34.5. The SMILES string of the molecule is C[C@H]1C/C=C\[C@H](O[Si](C)(C)C(C)(C)C)[C@@H]2CC[C@H]2CN2C[C@@]3(CCCc4cc(Cl)ccc43)COc3ccc(cc32)C(=O)NS(=O)(=O)N1. The van der Waals surface area contributed by atoms with E-state index in [-0.39, 0.29) is 22.1 Å². The molecule has 0 saturated heterocycles. The molecular formula is C36H50ClN3O5SSi. The molecule has 2 aromatic carbocycles. The molecule has 256 valence electrons. The van der Waals surface area contributed by atoms with Gasteiger partial charge < -0.3 is 14.1 Å². The molecule has 1 fully saturated rings. The Balaban J connectivity index is 1.42. The fourth-order valence-corrected chi connectivity index (χ4v) is 10.0. The van der Waals surface area contributed by atoms with Crippen LogP contribution in [0.5, 0.6) is 5.75 Å². The van der Waals surface area contributed by atoms with Crippen molar-refractivity contribution >= 4 is 41.7 Å². The number of nitrogens with zero attached hydrogens (tertiary/aromatic N) is 1. The van der Waals surface area contributed by atoms with Gasteiger partial charge in [0.15, 0.2) is 8.32 Å². The van der Waals surface area contributed by atoms with Crippen molar-refractivity contribution in [1.29, 1.82) is 0 Å². The monoisotopic (exact) mass is 699 g/mol. The summed E-state index contributed by atoms with van der Waals surface area (Å²) in [5.41, 5.74) is 3.40. The molecule has 5 atom stereocenters. The average molecular weight is 700 g/mol. The molecule has 2 aliphatic heterocycles. The maximum Gasteiger partial charge on any atom is 0.301 e. The lowest BCUT2D eigenvalue weighted by Crippen LogP contribution is -2.52. The number of aryl methyl sites for hydroxylation is 1. The first-order valence-corrected chi connectivity index (χ1v) is 21.8. The lowest BCUT2D eigenvalue weighted by molar-refractivity contribution is 0.0524. The minimum atomic E-state index is -4.09. The van der Waals surface area contributed by atoms with E-state index >= 15 is 0 Å². The van der Waals surface area contributed by atoms with Crippen LogP contribution in [0.1, 0.15) is 81.3 Å². The Kier molecular flexibility index (Phi) is 9.41. The van der Waals surface area contributed by atoms with Crippen LogP contribution < -0.4 is 19.1 Å². The highest BCUT2D eigenvalue weighted by molar-refractivity contribution is 7.88. The molecule has 2 bridgehead atoms. The van der Waals surface area contributed by atoms with Crippen LogP contribution in [0.2, 0.25) is 23.2 Å². The number of amides is 1. The predicted octanol–water partition coefficient (Wildman–Crippen LogP) is 7.14. The number of hydrogen-bond donors (Lipinski definition) is 2. The van der Waals surface area contributed by atoms with Crippen LogP contribution in [-0.4, -0.2) is 54.5 Å². The number of halogens is 1. The predicted molar refractivity (Wildman–Crippen MR) is 191 cm³/mol. The zero-order chi connectivity index (χ0) is 33.8. The van der Waals surface area contributed by atoms with Crippen LogP contribution in [0.4, 0.5) is 5.69 Å². The van der Waals surface area contributed by atoms with Crippen LogP contribution in [0.15, 0.2) is 48.6 Å². The lowest BCUT2D eigenvalue weighted by atomic mass is 9.68. The van der Waals surface area contributed by atoms with Crippen molar-refractivity contribution in [3.05, 3.63) is 70.3 Å². The molecule has 1 spiro atoms. The first-order valence-electron chi connectivity index (χ1n) is 17.1. The van der Waals surface area contributed by atoms with Crippen LogP contribution in [-0.2, 0) is 26.5 Å². The Bertz CT molecular complexity index is 1660. The summed E-state index contributed by atoms with van der Waals surface area (Å²) in [6, 6.07) is 11.1. The number of fused-ring (bicyclic) bond motifs is 4. The zero-order valence-corrected chi connectivity index (χ0v) is 31.1. The number of rotatable bonds is 2. The Labute approximate surface area is 286 Å². The highest BCUT2D eigenvalue weighted by atomic mass is 35.5. The standard InChI is InChI=1S/C36H50ClN3O5SSi/c1-24-9-7-11-32(45-47(5,6)35(2,3)4)29-15-12-27(29)21-40-22-36(18-8-10-25-19-28(37)14-16-30(25)36)23-44-33-17-13-26(20-31(33)40)34(41)39-46(42,43)38-24/h7,11,13-14,16-17,19-20,24,27,29,32,38H,8-10,12,15,18,21-23H2,1-6H3,(H,39,41)/b11-7-/t24-,27-,29+,32-,36-/m0/s1. The van der Waals surface area contributed by atoms with Gasteiger partial charge in [0.25, 0.3) is 5.91 Å². The van der Waals surface area contributed by atoms with Gasteiger partial charge in [-0.05, 0) is 117 Å². The van der Waals surface area contributed by atoms with Gasteiger partial charge >= 0.3 is 10.2 Å². The van der Waals surface area contributed by atoms with Crippen molar-refractivity contribution in [2.45, 2.75) is 102 Å². The normalized spacial score (nSPS) is 30.2. The molecule has 2 heterocycles. The Morgan fingerprint density at radius 3 is 2.64 bits per heavy atom. The number of nitrogens with one attached hydrogen (secondary N) is 2. The maximum absolute atomic E-state index is 13.3. The highest BCUT2D eigenvalue weighted by Crippen LogP contribution is 2.48. The van der Waals surface area contributed by atoms with E-state index in [0.717, 1.165) is 55.9 Å². The van der Waals surface area contributed by atoms with E-state index in [9.17, 15) is 13.2 Å². The number of hydrogen-bond acceptors (Lipinski definition) is 6. The van der Waals surface area contributed by atoms with Crippen LogP contribution in [0.25, 0.3) is 0 Å². The molecule has 47 heavy (non-hydrogen) atoms. The summed E-state index contributed by atoms with van der Waals surface area (Å²) in [6.07, 6.45) is 9.82. The minimum absolute atomic E-state index is 0.0532. The summed E-state index contributed by atoms with van der Waals surface area (Å²) < 4.78 is 44.6. The summed E-state index contributed by atoms with van der Waals surface area (Å²) in [6.45, 7) is 15.2. The Morgan fingerprint density at radius 2 is 1.91 bits per heavy atom. The van der Waals surface area contributed by atoms with E-state index < -0.39 is 30.5 Å². The van der Waals surface area contributed by atoms with Gasteiger partial charge in [0.2, 0.25) is 0 Å². The third-order valence-corrected chi connectivity index (χ3v) is 17.2. The molecular weight excluding hydrogens is 650 g/mol. The largest absolute Gasteiger partial charge is 0.490 e. The summed E-state index contributed by atoms with van der Waals surface area (Å²) in [4.78, 5) is 15.8. The molecule has 0 unspecified atom stereocenters. The highest BCUT2D eigenvalue weighted by Gasteiger charge is 2.46. The van der Waals surface area contributed by atoms with Gasteiger partial charge in [-0.1, -0.05) is 50.6 Å². The fraction of sp³-hybridized carbons (Fsp3) is 0.583. The van der Waals surface area contributed by atoms with Gasteiger partial charge in [0.1, 0.15) is 5.75 Å². The van der Waals surface area contributed by atoms with Crippen LogP contribution in [0, 0.1) is 11.8 Å². The van der Waals surface area contributed by atoms with Gasteiger partial charge in [-0.25, -0.2) is 4.72 Å². The van der Waals surface area contributed by atoms with Crippen molar-refractivity contribution in [2.75, 3.05) is 24.6 Å². The number of anilines is 1. The molecule has 1 saturated carbocycles. The van der Waals surface area contributed by atoms with Crippen molar-refractivity contribution in [3.8, 4) is 5.75 Å². The first-order chi connectivity index (χ1) is 22.1. The molecule has 2 aliphatic carbocycles. The summed E-state index contributed by atoms with van der Waals surface area (Å²) in [7, 11) is -6.20. The molecule has 6 rings (SSSR count). The Morgan fingerprint density at radius 1 is 1.13 bits per heavy atom. The lowest BCUT2D eigenvalue weighted by Gasteiger charge is -2.48. The third-order valence-electron chi connectivity index (χ3n) is 11.3. The minimum Gasteiger partial charge on any atom is -0.490 e. The van der Waals surface area contributed by atoms with E-state index in [2.05, 4.69) is 66.4 Å². The number of carbonyl (C=O) groups excluding carboxylic acids is 1. The number of carbonyl (C=O) groups is 1. The summed E-state index contributed by atoms with van der Waals surface area (Å²) >= 11 is 6.45. The second-order valence-corrected chi connectivity index (χ2v) is 22.4. The zero-order valence-electron chi connectivity index (χ0n) is 28.6. The topological polar surface area (TPSA) is 97.0 Å². The van der Waals surface area contributed by atoms with E-state index in [1.165, 1.54) is 11.1 Å². The molecule has 1 amide bonds. The van der Waals surface area contributed by atoms with Gasteiger partial charge in [-0.2, -0.15) is 13.1 Å². The van der Waals surface area contributed by atoms with Gasteiger partial charge in [0.05, 0.1) is 18.4 Å². The van der Waals surface area contributed by atoms with Gasteiger partial charge in [-0.15, -0.1) is 0 Å². The summed E-state index contributed by atoms with van der Waals surface area (Å²) in [5.74, 6) is 0.746. The maximum atomic E-state index is 13.3. The summed E-state index contributed by atoms with van der Waals surface area (Å²) in [5, 5.41) is 0.800. The Hall–Kier alpha value is -2.37. The van der Waals surface area contributed by atoms with Crippen molar-refractivity contribution < 1.29 is 22.4 Å². The smallest absolute Gasteiger partial charge is 0.301 e. The van der Waals surface area contributed by atoms with Crippen molar-refractivity contribution in [2.24, 2.45) is 11.8 Å². The van der Waals surface area contributed by atoms with E-state index in [1.807, 2.05) is 18.2 Å². The van der Waals surface area contributed by atoms with Gasteiger partial charge in [0, 0.05) is 35.1 Å². The average Bonchev–Trinajstić information content (AvgIpc) is 3.10. The van der Waals surface area contributed by atoms with Crippen LogP contribution in [0.3, 0.4) is 0 Å². The molecule has 2 aromatic rings. The molecule has 2 N–H and O–H groups in total. The number of benzene rings is 2. The van der Waals surface area contributed by atoms with E-state index in [1.54, 1.807) is 19.1 Å². The quantitative estimate of drug-likeness (QED) is 0.256. The third kappa shape index (κ3) is 7.18. The molecule has 0 aromatic heterocycles. The number of ether oxygens (including phenoxy) is 1. The van der Waals surface area contributed by atoms with E-state index in [4.69, 9.17) is 20.8 Å². The van der Waals surface area contributed by atoms with Crippen molar-refractivity contribution in [3.63, 3.8) is 0 Å². The van der Waals surface area contributed by atoms with Crippen LogP contribution >= 0.6 is 11.6 Å². The molecule has 11 heteroatoms. The fourth-order valence-electron chi connectivity index (χ4n) is 7.52. The molecule has 8 nitrogen and oxygen atoms in total. The second kappa shape index (κ2) is 12.8.